The summed E-state index contributed by atoms with van der Waals surface area (Å²) in [7, 11) is -3.01. The molecule has 0 aromatic heterocycles. The van der Waals surface area contributed by atoms with E-state index in [0.29, 0.717) is 17.3 Å². The Bertz CT molecular complexity index is 591. The van der Waals surface area contributed by atoms with Crippen molar-refractivity contribution in [3.8, 4) is 5.75 Å². The lowest BCUT2D eigenvalue weighted by Gasteiger charge is -2.25. The van der Waals surface area contributed by atoms with Gasteiger partial charge in [-0.2, -0.15) is 4.31 Å². The lowest BCUT2D eigenvalue weighted by atomic mass is 10.3. The smallest absolute Gasteiger partial charge is 0.243 e. The van der Waals surface area contributed by atoms with Crippen molar-refractivity contribution in [2.45, 2.75) is 4.90 Å². The molecule has 6 nitrogen and oxygen atoms in total. The van der Waals surface area contributed by atoms with Crippen molar-refractivity contribution >= 4 is 26.5 Å². The first-order valence-corrected chi connectivity index (χ1v) is 8.66. The first-order valence-electron chi connectivity index (χ1n) is 5.74. The van der Waals surface area contributed by atoms with Crippen LogP contribution in [-0.2, 0) is 20.8 Å². The van der Waals surface area contributed by atoms with E-state index in [1.807, 2.05) is 0 Å². The number of ether oxygens (including phenoxy) is 1. The molecule has 1 fully saturated rings. The second-order valence-corrected chi connectivity index (χ2v) is 7.79. The van der Waals surface area contributed by atoms with Crippen molar-refractivity contribution in [1.82, 2.24) is 4.31 Å². The number of rotatable bonds is 3. The lowest BCUT2D eigenvalue weighted by molar-refractivity contribution is 0.416. The number of anilines is 1. The molecule has 1 aliphatic rings. The molecule has 8 heteroatoms. The molecule has 106 valence electrons. The summed E-state index contributed by atoms with van der Waals surface area (Å²) in [6.45, 7) is 0.557. The van der Waals surface area contributed by atoms with E-state index < -0.39 is 20.8 Å². The van der Waals surface area contributed by atoms with Gasteiger partial charge in [-0.25, -0.2) is 8.42 Å². The normalized spacial score (nSPS) is 18.4. The van der Waals surface area contributed by atoms with Crippen molar-refractivity contribution in [3.63, 3.8) is 0 Å². The molecular formula is C11H16N2O4S2. The molecule has 1 aromatic carbocycles. The Morgan fingerprint density at radius 1 is 1.32 bits per heavy atom. The fraction of sp³-hybridized carbons (Fsp3) is 0.455. The highest BCUT2D eigenvalue weighted by atomic mass is 32.2. The van der Waals surface area contributed by atoms with Crippen LogP contribution >= 0.6 is 0 Å². The third-order valence-electron chi connectivity index (χ3n) is 2.98. The van der Waals surface area contributed by atoms with Crippen molar-refractivity contribution in [2.75, 3.05) is 37.4 Å². The standard InChI is InChI=1S/C11H16N2O4S2/c1-17-11-3-2-9(8-10(11)12)19(15,16)13-4-6-18(14)7-5-13/h2-3,8H,4-7,12H2,1H3. The first-order chi connectivity index (χ1) is 8.95. The zero-order valence-corrected chi connectivity index (χ0v) is 12.2. The van der Waals surface area contributed by atoms with Crippen LogP contribution in [0.3, 0.4) is 0 Å². The van der Waals surface area contributed by atoms with Gasteiger partial charge in [0.05, 0.1) is 17.7 Å². The van der Waals surface area contributed by atoms with Crippen LogP contribution in [0, 0.1) is 0 Å². The van der Waals surface area contributed by atoms with E-state index in [1.165, 1.54) is 29.6 Å². The van der Waals surface area contributed by atoms with Crippen LogP contribution in [0.5, 0.6) is 5.75 Å². The SMILES string of the molecule is COc1ccc(S(=O)(=O)N2CCS(=O)CC2)cc1N. The summed E-state index contributed by atoms with van der Waals surface area (Å²) >= 11 is 0. The third kappa shape index (κ3) is 2.90. The van der Waals surface area contributed by atoms with Gasteiger partial charge in [-0.3, -0.25) is 4.21 Å². The number of nitrogens with two attached hydrogens (primary N) is 1. The summed E-state index contributed by atoms with van der Waals surface area (Å²) in [5, 5.41) is 0. The van der Waals surface area contributed by atoms with Gasteiger partial charge in [-0.15, -0.1) is 0 Å². The summed E-state index contributed by atoms with van der Waals surface area (Å²) in [6.07, 6.45) is 0. The molecule has 1 aliphatic heterocycles. The van der Waals surface area contributed by atoms with Crippen LogP contribution in [0.15, 0.2) is 23.1 Å². The molecule has 0 atom stereocenters. The molecule has 0 unspecified atom stereocenters. The minimum atomic E-state index is -3.57. The second-order valence-electron chi connectivity index (χ2n) is 4.16. The first kappa shape index (κ1) is 14.3. The highest BCUT2D eigenvalue weighted by molar-refractivity contribution is 7.89. The zero-order valence-electron chi connectivity index (χ0n) is 10.5. The van der Waals surface area contributed by atoms with E-state index in [9.17, 15) is 12.6 Å². The Hall–Kier alpha value is -1.12. The van der Waals surface area contributed by atoms with E-state index >= 15 is 0 Å². The lowest BCUT2D eigenvalue weighted by Crippen LogP contribution is -2.41. The molecule has 0 spiro atoms. The number of benzene rings is 1. The average molecular weight is 304 g/mol. The van der Waals surface area contributed by atoms with E-state index in [4.69, 9.17) is 10.5 Å². The van der Waals surface area contributed by atoms with Crippen LogP contribution in [-0.4, -0.2) is 48.6 Å². The van der Waals surface area contributed by atoms with E-state index in [1.54, 1.807) is 0 Å². The molecule has 1 aromatic rings. The molecule has 0 amide bonds. The minimum Gasteiger partial charge on any atom is -0.495 e. The monoisotopic (exact) mass is 304 g/mol. The molecule has 19 heavy (non-hydrogen) atoms. The molecule has 2 N–H and O–H groups in total. The second kappa shape index (κ2) is 5.48. The van der Waals surface area contributed by atoms with Gasteiger partial charge in [0.1, 0.15) is 5.75 Å². The molecule has 1 heterocycles. The maximum absolute atomic E-state index is 12.4. The molecular weight excluding hydrogens is 288 g/mol. The molecule has 0 radical (unpaired) electrons. The molecule has 0 saturated carbocycles. The average Bonchev–Trinajstić information content (AvgIpc) is 2.39. The summed E-state index contributed by atoms with van der Waals surface area (Å²) in [5.74, 6) is 1.20. The maximum atomic E-state index is 12.4. The van der Waals surface area contributed by atoms with Gasteiger partial charge in [0, 0.05) is 35.4 Å². The fourth-order valence-electron chi connectivity index (χ4n) is 1.88. The quantitative estimate of drug-likeness (QED) is 0.796. The van der Waals surface area contributed by atoms with Crippen LogP contribution in [0.25, 0.3) is 0 Å². The van der Waals surface area contributed by atoms with Gasteiger partial charge < -0.3 is 10.5 Å². The largest absolute Gasteiger partial charge is 0.495 e. The predicted octanol–water partition coefficient (Wildman–Crippen LogP) is 0.0304. The number of nitrogens with zero attached hydrogens (tertiary/aromatic N) is 1. The van der Waals surface area contributed by atoms with Gasteiger partial charge in [-0.05, 0) is 18.2 Å². The van der Waals surface area contributed by atoms with Crippen LogP contribution in [0.2, 0.25) is 0 Å². The predicted molar refractivity (Wildman–Crippen MR) is 74.0 cm³/mol. The number of hydrogen-bond donors (Lipinski definition) is 1. The number of sulfonamides is 1. The van der Waals surface area contributed by atoms with E-state index in [-0.39, 0.29) is 23.7 Å². The van der Waals surface area contributed by atoms with Gasteiger partial charge in [0.2, 0.25) is 10.0 Å². The Morgan fingerprint density at radius 3 is 2.47 bits per heavy atom. The van der Waals surface area contributed by atoms with E-state index in [2.05, 4.69) is 0 Å². The number of methoxy groups -OCH3 is 1. The van der Waals surface area contributed by atoms with Gasteiger partial charge in [0.25, 0.3) is 0 Å². The van der Waals surface area contributed by atoms with Crippen molar-refractivity contribution < 1.29 is 17.4 Å². The van der Waals surface area contributed by atoms with Crippen molar-refractivity contribution in [1.29, 1.82) is 0 Å². The van der Waals surface area contributed by atoms with E-state index in [0.717, 1.165) is 0 Å². The van der Waals surface area contributed by atoms with Gasteiger partial charge in [-0.1, -0.05) is 0 Å². The van der Waals surface area contributed by atoms with Crippen LogP contribution < -0.4 is 10.5 Å². The van der Waals surface area contributed by atoms with Gasteiger partial charge in [0.15, 0.2) is 0 Å². The van der Waals surface area contributed by atoms with Crippen molar-refractivity contribution in [2.24, 2.45) is 0 Å². The van der Waals surface area contributed by atoms with Crippen LogP contribution in [0.1, 0.15) is 0 Å². The Morgan fingerprint density at radius 2 is 1.95 bits per heavy atom. The molecule has 0 aliphatic carbocycles. The topological polar surface area (TPSA) is 89.7 Å². The summed E-state index contributed by atoms with van der Waals surface area (Å²) in [5.41, 5.74) is 6.01. The summed E-state index contributed by atoms with van der Waals surface area (Å²) in [6, 6.07) is 4.39. The summed E-state index contributed by atoms with van der Waals surface area (Å²) < 4.78 is 42.4. The number of nitrogen functional groups attached to an aromatic ring is 1. The minimum absolute atomic E-state index is 0.137. The Kier molecular flexibility index (Phi) is 4.12. The molecule has 2 rings (SSSR count). The summed E-state index contributed by atoms with van der Waals surface area (Å²) in [4.78, 5) is 0.137. The third-order valence-corrected chi connectivity index (χ3v) is 6.15. The highest BCUT2D eigenvalue weighted by Gasteiger charge is 2.28. The zero-order chi connectivity index (χ0) is 14.0. The molecule has 0 bridgehead atoms. The molecule has 1 saturated heterocycles. The maximum Gasteiger partial charge on any atom is 0.243 e. The number of hydrogen-bond acceptors (Lipinski definition) is 5. The van der Waals surface area contributed by atoms with Crippen LogP contribution in [0.4, 0.5) is 5.69 Å². The fourth-order valence-corrected chi connectivity index (χ4v) is 4.64. The van der Waals surface area contributed by atoms with Crippen molar-refractivity contribution in [3.05, 3.63) is 18.2 Å². The highest BCUT2D eigenvalue weighted by Crippen LogP contribution is 2.26. The van der Waals surface area contributed by atoms with Gasteiger partial charge >= 0.3 is 0 Å². The Labute approximate surface area is 115 Å². The Balaban J connectivity index is 2.29.